The highest BCUT2D eigenvalue weighted by Gasteiger charge is 2.18. The summed E-state index contributed by atoms with van der Waals surface area (Å²) in [5.41, 5.74) is 0.982. The Morgan fingerprint density at radius 3 is 2.44 bits per heavy atom. The van der Waals surface area contributed by atoms with Gasteiger partial charge in [-0.2, -0.15) is 0 Å². The molecular formula is C19H17BrO3S2. The van der Waals surface area contributed by atoms with Crippen molar-refractivity contribution in [1.29, 1.82) is 0 Å². The van der Waals surface area contributed by atoms with Gasteiger partial charge in [-0.15, -0.1) is 11.3 Å². The van der Waals surface area contributed by atoms with E-state index in [1.807, 2.05) is 43.3 Å². The number of para-hydroxylation sites is 1. The number of ether oxygens (including phenoxy) is 1. The molecule has 0 saturated heterocycles. The summed E-state index contributed by atoms with van der Waals surface area (Å²) in [4.78, 5) is 2.22. The molecule has 3 nitrogen and oxygen atoms in total. The Labute approximate surface area is 160 Å². The van der Waals surface area contributed by atoms with E-state index < -0.39 is 9.84 Å². The van der Waals surface area contributed by atoms with Crippen molar-refractivity contribution in [3.05, 3.63) is 80.5 Å². The van der Waals surface area contributed by atoms with E-state index >= 15 is 0 Å². The largest absolute Gasteiger partial charge is 0.487 e. The van der Waals surface area contributed by atoms with Crippen molar-refractivity contribution in [2.75, 3.05) is 0 Å². The first-order valence-electron chi connectivity index (χ1n) is 7.69. The first-order valence-corrected chi connectivity index (χ1v) is 11.0. The SMILES string of the molecule is Cc1cc(COc2ccccc2Br)sc1CS(=O)(=O)c1ccccc1. The Bertz CT molecular complexity index is 963. The lowest BCUT2D eigenvalue weighted by atomic mass is 10.3. The molecule has 2 aromatic carbocycles. The molecule has 130 valence electrons. The molecule has 0 spiro atoms. The van der Waals surface area contributed by atoms with Crippen LogP contribution >= 0.6 is 27.3 Å². The lowest BCUT2D eigenvalue weighted by molar-refractivity contribution is 0.308. The highest BCUT2D eigenvalue weighted by molar-refractivity contribution is 9.10. The third kappa shape index (κ3) is 4.51. The highest BCUT2D eigenvalue weighted by atomic mass is 79.9. The van der Waals surface area contributed by atoms with E-state index in [-0.39, 0.29) is 5.75 Å². The van der Waals surface area contributed by atoms with Crippen LogP contribution < -0.4 is 4.74 Å². The van der Waals surface area contributed by atoms with E-state index in [1.165, 1.54) is 11.3 Å². The van der Waals surface area contributed by atoms with Crippen LogP contribution in [0.25, 0.3) is 0 Å². The summed E-state index contributed by atoms with van der Waals surface area (Å²) in [6.07, 6.45) is 0. The summed E-state index contributed by atoms with van der Waals surface area (Å²) in [6.45, 7) is 2.35. The zero-order valence-electron chi connectivity index (χ0n) is 13.6. The van der Waals surface area contributed by atoms with E-state index in [0.717, 1.165) is 25.5 Å². The van der Waals surface area contributed by atoms with Crippen LogP contribution in [0.3, 0.4) is 0 Å². The van der Waals surface area contributed by atoms with Gasteiger partial charge in [-0.3, -0.25) is 0 Å². The Balaban J connectivity index is 1.74. The van der Waals surface area contributed by atoms with Crippen LogP contribution in [0.2, 0.25) is 0 Å². The Kier molecular flexibility index (Phi) is 5.61. The first-order chi connectivity index (χ1) is 12.0. The predicted octanol–water partition coefficient (Wildman–Crippen LogP) is 5.37. The Morgan fingerprint density at radius 2 is 1.72 bits per heavy atom. The molecule has 0 aliphatic rings. The smallest absolute Gasteiger partial charge is 0.183 e. The van der Waals surface area contributed by atoms with Crippen molar-refractivity contribution in [1.82, 2.24) is 0 Å². The molecule has 25 heavy (non-hydrogen) atoms. The third-order valence-corrected chi connectivity index (χ3v) is 7.41. The van der Waals surface area contributed by atoms with Crippen molar-refractivity contribution in [3.63, 3.8) is 0 Å². The van der Waals surface area contributed by atoms with Crippen molar-refractivity contribution >= 4 is 37.1 Å². The Hall–Kier alpha value is -1.63. The molecule has 0 aliphatic carbocycles. The zero-order chi connectivity index (χ0) is 17.9. The van der Waals surface area contributed by atoms with Crippen LogP contribution in [-0.2, 0) is 22.2 Å². The van der Waals surface area contributed by atoms with Gasteiger partial charge < -0.3 is 4.74 Å². The summed E-state index contributed by atoms with van der Waals surface area (Å²) >= 11 is 4.94. The molecule has 0 radical (unpaired) electrons. The molecule has 1 aromatic heterocycles. The molecule has 0 amide bonds. The Morgan fingerprint density at radius 1 is 1.04 bits per heavy atom. The second kappa shape index (κ2) is 7.72. The summed E-state index contributed by atoms with van der Waals surface area (Å²) in [7, 11) is -3.33. The van der Waals surface area contributed by atoms with Crippen LogP contribution in [0.5, 0.6) is 5.75 Å². The molecule has 0 saturated carbocycles. The molecule has 0 N–H and O–H groups in total. The minimum atomic E-state index is -3.33. The van der Waals surface area contributed by atoms with Crippen LogP contribution in [0.4, 0.5) is 0 Å². The van der Waals surface area contributed by atoms with Gasteiger partial charge in [0.15, 0.2) is 9.84 Å². The molecule has 3 rings (SSSR count). The minimum Gasteiger partial charge on any atom is -0.487 e. The van der Waals surface area contributed by atoms with Crippen LogP contribution in [-0.4, -0.2) is 8.42 Å². The van der Waals surface area contributed by atoms with Gasteiger partial charge in [-0.05, 0) is 58.7 Å². The molecule has 0 aliphatic heterocycles. The monoisotopic (exact) mass is 436 g/mol. The number of sulfone groups is 1. The highest BCUT2D eigenvalue weighted by Crippen LogP contribution is 2.29. The second-order valence-electron chi connectivity index (χ2n) is 5.61. The van der Waals surface area contributed by atoms with Gasteiger partial charge in [0.2, 0.25) is 0 Å². The number of aryl methyl sites for hydroxylation is 1. The van der Waals surface area contributed by atoms with Crippen molar-refractivity contribution in [3.8, 4) is 5.75 Å². The van der Waals surface area contributed by atoms with E-state index in [1.54, 1.807) is 24.3 Å². The van der Waals surface area contributed by atoms with E-state index in [0.29, 0.717) is 11.5 Å². The number of hydrogen-bond donors (Lipinski definition) is 0. The molecule has 0 unspecified atom stereocenters. The minimum absolute atomic E-state index is 0.0164. The molecule has 1 heterocycles. The van der Waals surface area contributed by atoms with Gasteiger partial charge in [0.05, 0.1) is 15.1 Å². The number of hydrogen-bond acceptors (Lipinski definition) is 4. The second-order valence-corrected chi connectivity index (χ2v) is 9.68. The van der Waals surface area contributed by atoms with Gasteiger partial charge in [0.1, 0.15) is 12.4 Å². The van der Waals surface area contributed by atoms with Crippen LogP contribution in [0, 0.1) is 6.92 Å². The maximum Gasteiger partial charge on any atom is 0.183 e. The van der Waals surface area contributed by atoms with Crippen molar-refractivity contribution < 1.29 is 13.2 Å². The molecule has 0 fully saturated rings. The van der Waals surface area contributed by atoms with E-state index in [4.69, 9.17) is 4.74 Å². The number of rotatable bonds is 6. The average molecular weight is 437 g/mol. The standard InChI is InChI=1S/C19H17BrO3S2/c1-14-11-15(12-23-18-10-6-5-9-17(18)20)24-19(14)13-25(21,22)16-7-3-2-4-8-16/h2-11H,12-13H2,1H3. The van der Waals surface area contributed by atoms with E-state index in [2.05, 4.69) is 15.9 Å². The molecule has 3 aromatic rings. The van der Waals surface area contributed by atoms with Gasteiger partial charge in [-0.25, -0.2) is 8.42 Å². The maximum atomic E-state index is 12.6. The van der Waals surface area contributed by atoms with E-state index in [9.17, 15) is 8.42 Å². The summed E-state index contributed by atoms with van der Waals surface area (Å²) < 4.78 is 31.8. The van der Waals surface area contributed by atoms with Gasteiger partial charge in [-0.1, -0.05) is 30.3 Å². The molecule has 0 bridgehead atoms. The van der Waals surface area contributed by atoms with Crippen LogP contribution in [0.15, 0.2) is 70.0 Å². The fraction of sp³-hybridized carbons (Fsp3) is 0.158. The average Bonchev–Trinajstić information content (AvgIpc) is 2.94. The number of halogens is 1. The number of thiophene rings is 1. The predicted molar refractivity (Wildman–Crippen MR) is 105 cm³/mol. The van der Waals surface area contributed by atoms with Gasteiger partial charge in [0.25, 0.3) is 0 Å². The van der Waals surface area contributed by atoms with Crippen molar-refractivity contribution in [2.24, 2.45) is 0 Å². The third-order valence-electron chi connectivity index (χ3n) is 3.70. The summed E-state index contributed by atoms with van der Waals surface area (Å²) in [6, 6.07) is 18.2. The van der Waals surface area contributed by atoms with Gasteiger partial charge >= 0.3 is 0 Å². The lowest BCUT2D eigenvalue weighted by Crippen LogP contribution is -2.04. The summed E-state index contributed by atoms with van der Waals surface area (Å²) in [5.74, 6) is 0.787. The fourth-order valence-corrected chi connectivity index (χ4v) is 5.70. The zero-order valence-corrected chi connectivity index (χ0v) is 16.8. The fourth-order valence-electron chi connectivity index (χ4n) is 2.40. The normalized spacial score (nSPS) is 11.4. The molecule has 0 atom stereocenters. The topological polar surface area (TPSA) is 43.4 Å². The molecule has 6 heteroatoms. The quantitative estimate of drug-likeness (QED) is 0.521. The number of benzene rings is 2. The lowest BCUT2D eigenvalue weighted by Gasteiger charge is -2.06. The first kappa shape index (κ1) is 18.2. The molecular weight excluding hydrogens is 420 g/mol. The van der Waals surface area contributed by atoms with Crippen molar-refractivity contribution in [2.45, 2.75) is 24.2 Å². The maximum absolute atomic E-state index is 12.6. The summed E-state index contributed by atoms with van der Waals surface area (Å²) in [5, 5.41) is 0. The van der Waals surface area contributed by atoms with Gasteiger partial charge in [0, 0.05) is 9.75 Å². The van der Waals surface area contributed by atoms with Crippen LogP contribution in [0.1, 0.15) is 15.3 Å².